The Balaban J connectivity index is 2.17. The quantitative estimate of drug-likeness (QED) is 0.827. The predicted octanol–water partition coefficient (Wildman–Crippen LogP) is 2.88. The van der Waals surface area contributed by atoms with E-state index in [9.17, 15) is 4.79 Å². The zero-order valence-electron chi connectivity index (χ0n) is 9.29. The lowest BCUT2D eigenvalue weighted by molar-refractivity contribution is -0.137. The van der Waals surface area contributed by atoms with Gasteiger partial charge in [-0.05, 0) is 43.0 Å². The highest BCUT2D eigenvalue weighted by Gasteiger charge is 2.05. The van der Waals surface area contributed by atoms with Crippen LogP contribution in [0.2, 0.25) is 0 Å². The predicted molar refractivity (Wildman–Crippen MR) is 63.6 cm³/mol. The molecule has 2 aromatic rings. The van der Waals surface area contributed by atoms with E-state index in [0.29, 0.717) is 6.42 Å². The van der Waals surface area contributed by atoms with Crippen LogP contribution in [0.4, 0.5) is 0 Å². The molecule has 16 heavy (non-hydrogen) atoms. The van der Waals surface area contributed by atoms with Gasteiger partial charge in [-0.2, -0.15) is 0 Å². The number of benzene rings is 1. The van der Waals surface area contributed by atoms with E-state index >= 15 is 0 Å². The summed E-state index contributed by atoms with van der Waals surface area (Å²) < 4.78 is 0. The number of hydrogen-bond acceptors (Lipinski definition) is 1. The van der Waals surface area contributed by atoms with Gasteiger partial charge in [0.25, 0.3) is 0 Å². The molecule has 0 bridgehead atoms. The first-order chi connectivity index (χ1) is 7.68. The van der Waals surface area contributed by atoms with Crippen molar-refractivity contribution in [3.8, 4) is 0 Å². The highest BCUT2D eigenvalue weighted by atomic mass is 16.4. The van der Waals surface area contributed by atoms with E-state index in [4.69, 9.17) is 5.11 Å². The molecule has 3 heteroatoms. The second-order valence-electron chi connectivity index (χ2n) is 4.04. The third-order valence-corrected chi connectivity index (χ3v) is 2.95. The van der Waals surface area contributed by atoms with Crippen LogP contribution in [0.5, 0.6) is 0 Å². The van der Waals surface area contributed by atoms with Crippen LogP contribution >= 0.6 is 0 Å². The number of nitrogens with one attached hydrogen (secondary N) is 1. The molecule has 2 rings (SSSR count). The van der Waals surface area contributed by atoms with Crippen LogP contribution in [0, 0.1) is 6.92 Å². The summed E-state index contributed by atoms with van der Waals surface area (Å²) in [6, 6.07) is 6.19. The van der Waals surface area contributed by atoms with Crippen LogP contribution in [0.15, 0.2) is 24.4 Å². The Labute approximate surface area is 94.1 Å². The van der Waals surface area contributed by atoms with E-state index in [2.05, 4.69) is 30.1 Å². The van der Waals surface area contributed by atoms with Crippen LogP contribution in [0.25, 0.3) is 10.9 Å². The number of rotatable bonds is 4. The Kier molecular flexibility index (Phi) is 2.95. The van der Waals surface area contributed by atoms with E-state index in [1.54, 1.807) is 0 Å². The number of carbonyl (C=O) groups is 1. The fraction of sp³-hybridized carbons (Fsp3) is 0.308. The van der Waals surface area contributed by atoms with E-state index in [1.807, 2.05) is 6.20 Å². The molecule has 84 valence electrons. The number of hydrogen-bond donors (Lipinski definition) is 2. The zero-order valence-corrected chi connectivity index (χ0v) is 9.29. The van der Waals surface area contributed by atoms with E-state index in [1.165, 1.54) is 16.5 Å². The molecular weight excluding hydrogens is 202 g/mol. The second kappa shape index (κ2) is 4.39. The molecule has 0 atom stereocenters. The summed E-state index contributed by atoms with van der Waals surface area (Å²) in [6.07, 6.45) is 3.70. The number of aromatic amines is 1. The minimum Gasteiger partial charge on any atom is -0.481 e. The number of carboxylic acids is 1. The Morgan fingerprint density at radius 1 is 1.38 bits per heavy atom. The second-order valence-corrected chi connectivity index (χ2v) is 4.04. The molecule has 0 aliphatic heterocycles. The van der Waals surface area contributed by atoms with Crippen LogP contribution in [0.3, 0.4) is 0 Å². The maximum atomic E-state index is 10.4. The summed E-state index contributed by atoms with van der Waals surface area (Å²) in [5, 5.41) is 9.82. The highest BCUT2D eigenvalue weighted by Crippen LogP contribution is 2.22. The SMILES string of the molecule is Cc1c(CCCC(=O)O)ccc2[nH]ccc12. The van der Waals surface area contributed by atoms with Crippen molar-refractivity contribution in [1.29, 1.82) is 0 Å². The topological polar surface area (TPSA) is 53.1 Å². The van der Waals surface area contributed by atoms with Gasteiger partial charge in [0.15, 0.2) is 0 Å². The summed E-state index contributed by atoms with van der Waals surface area (Å²) in [5.41, 5.74) is 3.64. The Morgan fingerprint density at radius 3 is 2.94 bits per heavy atom. The van der Waals surface area contributed by atoms with Gasteiger partial charge in [-0.15, -0.1) is 0 Å². The number of H-pyrrole nitrogens is 1. The molecule has 0 saturated heterocycles. The number of carboxylic acid groups (broad SMARTS) is 1. The number of aliphatic carboxylic acids is 1. The van der Waals surface area contributed by atoms with Crippen molar-refractivity contribution >= 4 is 16.9 Å². The summed E-state index contributed by atoms with van der Waals surface area (Å²) in [4.78, 5) is 13.6. The standard InChI is InChI=1S/C13H15NO2/c1-9-10(3-2-4-13(15)16)5-6-12-11(9)7-8-14-12/h5-8,14H,2-4H2,1H3,(H,15,16). The molecule has 0 amide bonds. The average molecular weight is 217 g/mol. The van der Waals surface area contributed by atoms with Gasteiger partial charge in [-0.1, -0.05) is 6.07 Å². The van der Waals surface area contributed by atoms with Gasteiger partial charge in [-0.3, -0.25) is 4.79 Å². The van der Waals surface area contributed by atoms with E-state index in [-0.39, 0.29) is 6.42 Å². The van der Waals surface area contributed by atoms with Gasteiger partial charge in [-0.25, -0.2) is 0 Å². The zero-order chi connectivity index (χ0) is 11.5. The highest BCUT2D eigenvalue weighted by molar-refractivity contribution is 5.83. The largest absolute Gasteiger partial charge is 0.481 e. The van der Waals surface area contributed by atoms with Crippen molar-refractivity contribution in [3.63, 3.8) is 0 Å². The first-order valence-electron chi connectivity index (χ1n) is 5.46. The van der Waals surface area contributed by atoms with Gasteiger partial charge >= 0.3 is 5.97 Å². The molecule has 1 aromatic heterocycles. The van der Waals surface area contributed by atoms with Crippen molar-refractivity contribution in [2.24, 2.45) is 0 Å². The third-order valence-electron chi connectivity index (χ3n) is 2.95. The maximum Gasteiger partial charge on any atom is 0.303 e. The lowest BCUT2D eigenvalue weighted by Gasteiger charge is -2.06. The summed E-state index contributed by atoms with van der Waals surface area (Å²) in [7, 11) is 0. The molecule has 1 heterocycles. The number of aryl methyl sites for hydroxylation is 2. The van der Waals surface area contributed by atoms with Gasteiger partial charge < -0.3 is 10.1 Å². The fourth-order valence-electron chi connectivity index (χ4n) is 2.03. The molecule has 0 aliphatic rings. The minimum absolute atomic E-state index is 0.241. The summed E-state index contributed by atoms with van der Waals surface area (Å²) >= 11 is 0. The van der Waals surface area contributed by atoms with Gasteiger partial charge in [0.2, 0.25) is 0 Å². The first kappa shape index (κ1) is 10.7. The molecule has 0 radical (unpaired) electrons. The van der Waals surface area contributed by atoms with Crippen molar-refractivity contribution in [2.75, 3.05) is 0 Å². The lowest BCUT2D eigenvalue weighted by Crippen LogP contribution is -1.97. The molecule has 0 fully saturated rings. The van der Waals surface area contributed by atoms with Crippen molar-refractivity contribution < 1.29 is 9.90 Å². The molecule has 0 spiro atoms. The van der Waals surface area contributed by atoms with E-state index < -0.39 is 5.97 Å². The minimum atomic E-state index is -0.722. The summed E-state index contributed by atoms with van der Waals surface area (Å²) in [6.45, 7) is 2.09. The molecule has 0 saturated carbocycles. The average Bonchev–Trinajstić information content (AvgIpc) is 2.69. The number of fused-ring (bicyclic) bond motifs is 1. The van der Waals surface area contributed by atoms with Gasteiger partial charge in [0.05, 0.1) is 0 Å². The molecular formula is C13H15NO2. The molecule has 2 N–H and O–H groups in total. The first-order valence-corrected chi connectivity index (χ1v) is 5.46. The van der Waals surface area contributed by atoms with Crippen LogP contribution < -0.4 is 0 Å². The molecule has 3 nitrogen and oxygen atoms in total. The third kappa shape index (κ3) is 2.08. The van der Waals surface area contributed by atoms with E-state index in [0.717, 1.165) is 11.9 Å². The summed E-state index contributed by atoms with van der Waals surface area (Å²) in [5.74, 6) is -0.722. The van der Waals surface area contributed by atoms with Crippen LogP contribution in [0.1, 0.15) is 24.0 Å². The molecule has 1 aromatic carbocycles. The van der Waals surface area contributed by atoms with Gasteiger partial charge in [0, 0.05) is 23.5 Å². The van der Waals surface area contributed by atoms with Crippen molar-refractivity contribution in [1.82, 2.24) is 4.98 Å². The smallest absolute Gasteiger partial charge is 0.303 e. The lowest BCUT2D eigenvalue weighted by atomic mass is 10.00. The number of aromatic nitrogens is 1. The maximum absolute atomic E-state index is 10.4. The van der Waals surface area contributed by atoms with Crippen LogP contribution in [-0.2, 0) is 11.2 Å². The monoisotopic (exact) mass is 217 g/mol. The molecule has 0 aliphatic carbocycles. The fourth-order valence-corrected chi connectivity index (χ4v) is 2.03. The normalized spacial score (nSPS) is 10.8. The van der Waals surface area contributed by atoms with Crippen LogP contribution in [-0.4, -0.2) is 16.1 Å². The van der Waals surface area contributed by atoms with Crippen molar-refractivity contribution in [3.05, 3.63) is 35.5 Å². The Bertz CT molecular complexity index is 514. The Hall–Kier alpha value is -1.77. The van der Waals surface area contributed by atoms with Crippen molar-refractivity contribution in [2.45, 2.75) is 26.2 Å². The molecule has 0 unspecified atom stereocenters. The Morgan fingerprint density at radius 2 is 2.19 bits per heavy atom. The van der Waals surface area contributed by atoms with Gasteiger partial charge in [0.1, 0.15) is 0 Å².